The summed E-state index contributed by atoms with van der Waals surface area (Å²) in [5.41, 5.74) is 0.952. The minimum absolute atomic E-state index is 0.292. The Morgan fingerprint density at radius 3 is 2.86 bits per heavy atom. The zero-order chi connectivity index (χ0) is 15.4. The fourth-order valence-electron chi connectivity index (χ4n) is 1.63. The summed E-state index contributed by atoms with van der Waals surface area (Å²) in [5, 5.41) is 3.47. The highest BCUT2D eigenvalue weighted by atomic mass is 35.5. The van der Waals surface area contributed by atoms with E-state index in [9.17, 15) is 9.59 Å². The first-order valence-electron chi connectivity index (χ1n) is 6.22. The van der Waals surface area contributed by atoms with Gasteiger partial charge in [-0.1, -0.05) is 29.0 Å². The highest BCUT2D eigenvalue weighted by Gasteiger charge is 2.18. The molecular weight excluding hydrogens is 312 g/mol. The molecular formula is C14H13ClN2O3S. The third-order valence-electron chi connectivity index (χ3n) is 2.56. The van der Waals surface area contributed by atoms with Gasteiger partial charge in [0.2, 0.25) is 0 Å². The quantitative estimate of drug-likeness (QED) is 0.873. The van der Waals surface area contributed by atoms with Crippen LogP contribution in [0.2, 0.25) is 5.02 Å². The Hall–Kier alpha value is -1.92. The van der Waals surface area contributed by atoms with Crippen molar-refractivity contribution in [3.63, 3.8) is 0 Å². The Balaban J connectivity index is 2.15. The molecule has 2 aromatic rings. The lowest BCUT2D eigenvalue weighted by Gasteiger charge is -2.01. The maximum atomic E-state index is 12.1. The average molecular weight is 325 g/mol. The van der Waals surface area contributed by atoms with Crippen LogP contribution in [0.4, 0.5) is 5.13 Å². The average Bonchev–Trinajstić information content (AvgIpc) is 2.80. The van der Waals surface area contributed by atoms with Crippen LogP contribution in [-0.2, 0) is 4.74 Å². The van der Waals surface area contributed by atoms with Crippen LogP contribution >= 0.6 is 22.9 Å². The molecule has 2 rings (SSSR count). The second kappa shape index (κ2) is 6.69. The lowest BCUT2D eigenvalue weighted by molar-refractivity contribution is 0.0531. The van der Waals surface area contributed by atoms with Gasteiger partial charge in [0, 0.05) is 10.6 Å². The predicted octanol–water partition coefficient (Wildman–Crippen LogP) is 3.53. The minimum atomic E-state index is -0.434. The van der Waals surface area contributed by atoms with E-state index >= 15 is 0 Å². The summed E-state index contributed by atoms with van der Waals surface area (Å²) in [6.07, 6.45) is 0. The van der Waals surface area contributed by atoms with E-state index in [-0.39, 0.29) is 5.91 Å². The molecule has 0 aliphatic heterocycles. The van der Waals surface area contributed by atoms with Gasteiger partial charge in [-0.15, -0.1) is 0 Å². The van der Waals surface area contributed by atoms with Crippen LogP contribution in [0.5, 0.6) is 0 Å². The van der Waals surface area contributed by atoms with Crippen molar-refractivity contribution < 1.29 is 14.3 Å². The van der Waals surface area contributed by atoms with Crippen molar-refractivity contribution in [1.29, 1.82) is 0 Å². The van der Waals surface area contributed by atoms with Gasteiger partial charge >= 0.3 is 5.97 Å². The van der Waals surface area contributed by atoms with E-state index in [1.807, 2.05) is 0 Å². The number of carbonyl (C=O) groups is 2. The first kappa shape index (κ1) is 15.5. The molecule has 0 saturated heterocycles. The van der Waals surface area contributed by atoms with Gasteiger partial charge in [-0.25, -0.2) is 9.78 Å². The number of aromatic nitrogens is 1. The number of esters is 1. The van der Waals surface area contributed by atoms with Gasteiger partial charge in [0.15, 0.2) is 5.13 Å². The maximum absolute atomic E-state index is 12.1. The van der Waals surface area contributed by atoms with Crippen molar-refractivity contribution in [3.05, 3.63) is 45.4 Å². The number of aryl methyl sites for hydroxylation is 1. The second-order valence-electron chi connectivity index (χ2n) is 4.12. The van der Waals surface area contributed by atoms with Gasteiger partial charge in [-0.2, -0.15) is 0 Å². The fourth-order valence-corrected chi connectivity index (χ4v) is 2.68. The van der Waals surface area contributed by atoms with E-state index in [0.29, 0.717) is 32.9 Å². The molecule has 1 N–H and O–H groups in total. The van der Waals surface area contributed by atoms with Gasteiger partial charge < -0.3 is 4.74 Å². The van der Waals surface area contributed by atoms with E-state index in [1.54, 1.807) is 38.1 Å². The highest BCUT2D eigenvalue weighted by molar-refractivity contribution is 7.17. The first-order chi connectivity index (χ1) is 10.0. The monoisotopic (exact) mass is 324 g/mol. The number of halogens is 1. The van der Waals surface area contributed by atoms with Crippen molar-refractivity contribution in [2.75, 3.05) is 11.9 Å². The number of rotatable bonds is 4. The molecule has 0 fully saturated rings. The summed E-state index contributed by atoms with van der Waals surface area (Å²) < 4.78 is 4.93. The van der Waals surface area contributed by atoms with Crippen molar-refractivity contribution in [3.8, 4) is 0 Å². The number of amides is 1. The van der Waals surface area contributed by atoms with Crippen molar-refractivity contribution in [2.45, 2.75) is 13.8 Å². The molecule has 110 valence electrons. The van der Waals surface area contributed by atoms with Gasteiger partial charge in [-0.05, 0) is 32.0 Å². The van der Waals surface area contributed by atoms with Crippen LogP contribution in [0.25, 0.3) is 0 Å². The number of anilines is 1. The number of hydrogen-bond acceptors (Lipinski definition) is 5. The maximum Gasteiger partial charge on any atom is 0.350 e. The summed E-state index contributed by atoms with van der Waals surface area (Å²) in [5.74, 6) is -0.766. The van der Waals surface area contributed by atoms with Gasteiger partial charge in [0.1, 0.15) is 4.88 Å². The molecule has 0 spiro atoms. The normalized spacial score (nSPS) is 10.2. The molecule has 21 heavy (non-hydrogen) atoms. The van der Waals surface area contributed by atoms with E-state index in [2.05, 4.69) is 10.3 Å². The second-order valence-corrected chi connectivity index (χ2v) is 5.55. The molecule has 1 heterocycles. The van der Waals surface area contributed by atoms with Crippen LogP contribution < -0.4 is 5.32 Å². The largest absolute Gasteiger partial charge is 0.462 e. The number of ether oxygens (including phenoxy) is 1. The number of thiazole rings is 1. The van der Waals surface area contributed by atoms with Crippen LogP contribution in [0.3, 0.4) is 0 Å². The predicted molar refractivity (Wildman–Crippen MR) is 82.2 cm³/mol. The number of nitrogens with one attached hydrogen (secondary N) is 1. The third-order valence-corrected chi connectivity index (χ3v) is 3.85. The van der Waals surface area contributed by atoms with Gasteiger partial charge in [0.25, 0.3) is 5.91 Å². The van der Waals surface area contributed by atoms with Crippen LogP contribution in [0.15, 0.2) is 24.3 Å². The first-order valence-corrected chi connectivity index (χ1v) is 7.42. The smallest absolute Gasteiger partial charge is 0.350 e. The molecule has 1 aromatic carbocycles. The zero-order valence-electron chi connectivity index (χ0n) is 11.5. The summed E-state index contributed by atoms with van der Waals surface area (Å²) in [4.78, 5) is 28.3. The lowest BCUT2D eigenvalue weighted by Crippen LogP contribution is -2.11. The molecule has 0 unspecified atom stereocenters. The van der Waals surface area contributed by atoms with Crippen molar-refractivity contribution in [1.82, 2.24) is 4.98 Å². The zero-order valence-corrected chi connectivity index (χ0v) is 13.0. The Morgan fingerprint density at radius 2 is 2.19 bits per heavy atom. The van der Waals surface area contributed by atoms with E-state index in [4.69, 9.17) is 16.3 Å². The molecule has 5 nitrogen and oxygen atoms in total. The number of nitrogens with zero attached hydrogens (tertiary/aromatic N) is 1. The molecule has 1 amide bonds. The lowest BCUT2D eigenvalue weighted by atomic mass is 10.2. The summed E-state index contributed by atoms with van der Waals surface area (Å²) >= 11 is 6.93. The Labute approximate surface area is 130 Å². The molecule has 1 aromatic heterocycles. The van der Waals surface area contributed by atoms with E-state index in [0.717, 1.165) is 11.3 Å². The highest BCUT2D eigenvalue weighted by Crippen LogP contribution is 2.24. The standard InChI is InChI=1S/C14H13ClN2O3S/c1-3-20-13(19)11-8(2)16-14(21-11)17-12(18)9-5-4-6-10(15)7-9/h4-7H,3H2,1-2H3,(H,16,17,18). The topological polar surface area (TPSA) is 68.3 Å². The molecule has 7 heteroatoms. The van der Waals surface area contributed by atoms with Crippen LogP contribution in [-0.4, -0.2) is 23.5 Å². The summed E-state index contributed by atoms with van der Waals surface area (Å²) in [7, 11) is 0. The molecule has 0 aliphatic rings. The number of hydrogen-bond donors (Lipinski definition) is 1. The van der Waals surface area contributed by atoms with Crippen molar-refractivity contribution in [2.24, 2.45) is 0 Å². The number of benzene rings is 1. The Morgan fingerprint density at radius 1 is 1.43 bits per heavy atom. The SMILES string of the molecule is CCOC(=O)c1sc(NC(=O)c2cccc(Cl)c2)nc1C. The molecule has 0 bridgehead atoms. The van der Waals surface area contributed by atoms with E-state index in [1.165, 1.54) is 0 Å². The molecule has 0 atom stereocenters. The number of carbonyl (C=O) groups excluding carboxylic acids is 2. The van der Waals surface area contributed by atoms with E-state index < -0.39 is 5.97 Å². The van der Waals surface area contributed by atoms with Crippen LogP contribution in [0, 0.1) is 6.92 Å². The Bertz CT molecular complexity index is 685. The van der Waals surface area contributed by atoms with Crippen LogP contribution in [0.1, 0.15) is 32.6 Å². The molecule has 0 radical (unpaired) electrons. The van der Waals surface area contributed by atoms with Gasteiger partial charge in [0.05, 0.1) is 12.3 Å². The Kier molecular flexibility index (Phi) is 4.93. The fraction of sp³-hybridized carbons (Fsp3) is 0.214. The molecule has 0 saturated carbocycles. The summed E-state index contributed by atoms with van der Waals surface area (Å²) in [6, 6.07) is 6.58. The van der Waals surface area contributed by atoms with Gasteiger partial charge in [-0.3, -0.25) is 10.1 Å². The van der Waals surface area contributed by atoms with Crippen molar-refractivity contribution >= 4 is 39.9 Å². The molecule has 0 aliphatic carbocycles. The minimum Gasteiger partial charge on any atom is -0.462 e. The summed E-state index contributed by atoms with van der Waals surface area (Å²) in [6.45, 7) is 3.72. The third kappa shape index (κ3) is 3.80.